The Balaban J connectivity index is 1.73. The second-order valence-corrected chi connectivity index (χ2v) is 9.30. The summed E-state index contributed by atoms with van der Waals surface area (Å²) in [5, 5.41) is 2.47. The molecular weight excluding hydrogens is 350 g/mol. The number of aromatic nitrogens is 1. The molecule has 0 fully saturated rings. The van der Waals surface area contributed by atoms with Gasteiger partial charge in [0.15, 0.2) is 0 Å². The third kappa shape index (κ3) is 4.10. The second-order valence-electron chi connectivity index (χ2n) is 9.30. The molecule has 0 saturated carbocycles. The lowest BCUT2D eigenvalue weighted by Crippen LogP contribution is -2.08. The Morgan fingerprint density at radius 2 is 1.41 bits per heavy atom. The van der Waals surface area contributed by atoms with Gasteiger partial charge in [0.25, 0.3) is 0 Å². The summed E-state index contributed by atoms with van der Waals surface area (Å²) in [6.45, 7) is 11.2. The normalized spacial score (nSPS) is 11.8. The first-order valence-corrected chi connectivity index (χ1v) is 10.4. The third-order valence-corrected chi connectivity index (χ3v) is 5.49. The number of fused-ring (bicyclic) bond motifs is 1. The molecule has 1 heterocycles. The molecule has 0 aliphatic heterocycles. The van der Waals surface area contributed by atoms with Crippen LogP contribution in [0.2, 0.25) is 0 Å². The summed E-state index contributed by atoms with van der Waals surface area (Å²) in [5.41, 5.74) is 9.10. The number of aryl methyl sites for hydroxylation is 2. The first-order valence-electron chi connectivity index (χ1n) is 10.4. The molecule has 4 rings (SSSR count). The summed E-state index contributed by atoms with van der Waals surface area (Å²) in [6, 6.07) is 24.2. The molecule has 1 aromatic heterocycles. The molecule has 29 heavy (non-hydrogen) atoms. The molecule has 0 aliphatic rings. The number of hydrogen-bond acceptors (Lipinski definition) is 1. The van der Waals surface area contributed by atoms with Crippen molar-refractivity contribution in [2.24, 2.45) is 5.41 Å². The molecule has 0 bridgehead atoms. The Hall–Kier alpha value is -2.93. The summed E-state index contributed by atoms with van der Waals surface area (Å²) in [6.07, 6.45) is 3.00. The van der Waals surface area contributed by atoms with Gasteiger partial charge in [-0.3, -0.25) is 4.98 Å². The predicted molar refractivity (Wildman–Crippen MR) is 125 cm³/mol. The zero-order valence-electron chi connectivity index (χ0n) is 18.1. The summed E-state index contributed by atoms with van der Waals surface area (Å²) in [4.78, 5) is 4.72. The van der Waals surface area contributed by atoms with E-state index < -0.39 is 0 Å². The Kier molecular flexibility index (Phi) is 5.00. The van der Waals surface area contributed by atoms with Crippen molar-refractivity contribution in [2.45, 2.75) is 41.0 Å². The average Bonchev–Trinajstić information content (AvgIpc) is 2.66. The van der Waals surface area contributed by atoms with E-state index in [-0.39, 0.29) is 5.41 Å². The summed E-state index contributed by atoms with van der Waals surface area (Å²) in [5.74, 6) is 0. The van der Waals surface area contributed by atoms with Gasteiger partial charge in [-0.25, -0.2) is 0 Å². The van der Waals surface area contributed by atoms with E-state index in [0.29, 0.717) is 0 Å². The Labute approximate surface area is 174 Å². The summed E-state index contributed by atoms with van der Waals surface area (Å²) >= 11 is 0. The highest BCUT2D eigenvalue weighted by molar-refractivity contribution is 5.95. The van der Waals surface area contributed by atoms with E-state index in [1.165, 1.54) is 38.6 Å². The number of benzene rings is 3. The highest BCUT2D eigenvalue weighted by Crippen LogP contribution is 2.32. The first-order chi connectivity index (χ1) is 13.8. The smallest absolute Gasteiger partial charge is 0.0780 e. The van der Waals surface area contributed by atoms with Gasteiger partial charge in [-0.15, -0.1) is 0 Å². The zero-order chi connectivity index (χ0) is 20.6. The topological polar surface area (TPSA) is 12.9 Å². The molecule has 0 saturated heterocycles. The van der Waals surface area contributed by atoms with E-state index in [4.69, 9.17) is 4.98 Å². The van der Waals surface area contributed by atoms with Crippen LogP contribution in [0.5, 0.6) is 0 Å². The van der Waals surface area contributed by atoms with Gasteiger partial charge in [0.2, 0.25) is 0 Å². The van der Waals surface area contributed by atoms with Gasteiger partial charge in [0.1, 0.15) is 0 Å². The predicted octanol–water partition coefficient (Wildman–Crippen LogP) is 7.77. The molecule has 0 radical (unpaired) electrons. The highest BCUT2D eigenvalue weighted by Gasteiger charge is 2.13. The third-order valence-electron chi connectivity index (χ3n) is 5.49. The van der Waals surface area contributed by atoms with E-state index in [1.54, 1.807) is 0 Å². The summed E-state index contributed by atoms with van der Waals surface area (Å²) in [7, 11) is 0. The molecule has 0 unspecified atom stereocenters. The SMILES string of the molecule is Cc1cccc(C)c1-c1ccc(-c2nccc3cc(CC(C)(C)C)ccc23)cc1. The van der Waals surface area contributed by atoms with Crippen LogP contribution in [-0.2, 0) is 6.42 Å². The lowest BCUT2D eigenvalue weighted by Gasteiger charge is -2.18. The first kappa shape index (κ1) is 19.4. The lowest BCUT2D eigenvalue weighted by molar-refractivity contribution is 0.411. The van der Waals surface area contributed by atoms with Crippen LogP contribution in [0, 0.1) is 19.3 Å². The number of rotatable bonds is 3. The van der Waals surface area contributed by atoms with Gasteiger partial charge in [0.05, 0.1) is 5.69 Å². The molecule has 0 spiro atoms. The van der Waals surface area contributed by atoms with Crippen molar-refractivity contribution in [2.75, 3.05) is 0 Å². The van der Waals surface area contributed by atoms with Crippen molar-refractivity contribution < 1.29 is 0 Å². The van der Waals surface area contributed by atoms with E-state index in [9.17, 15) is 0 Å². The van der Waals surface area contributed by atoms with Crippen molar-refractivity contribution in [3.8, 4) is 22.4 Å². The minimum absolute atomic E-state index is 0.285. The van der Waals surface area contributed by atoms with E-state index in [2.05, 4.69) is 101 Å². The monoisotopic (exact) mass is 379 g/mol. The van der Waals surface area contributed by atoms with Gasteiger partial charge in [-0.2, -0.15) is 0 Å². The van der Waals surface area contributed by atoms with Gasteiger partial charge in [-0.1, -0.05) is 81.4 Å². The van der Waals surface area contributed by atoms with Crippen LogP contribution >= 0.6 is 0 Å². The number of hydrogen-bond donors (Lipinski definition) is 0. The van der Waals surface area contributed by atoms with Crippen molar-refractivity contribution in [1.29, 1.82) is 0 Å². The maximum atomic E-state index is 4.72. The van der Waals surface area contributed by atoms with Crippen molar-refractivity contribution in [1.82, 2.24) is 4.98 Å². The molecule has 146 valence electrons. The quantitative estimate of drug-likeness (QED) is 0.354. The Morgan fingerprint density at radius 1 is 0.759 bits per heavy atom. The molecule has 0 amide bonds. The van der Waals surface area contributed by atoms with Crippen LogP contribution in [0.25, 0.3) is 33.2 Å². The maximum Gasteiger partial charge on any atom is 0.0780 e. The molecular formula is C28H29N. The van der Waals surface area contributed by atoms with Gasteiger partial charge >= 0.3 is 0 Å². The fourth-order valence-electron chi connectivity index (χ4n) is 4.24. The average molecular weight is 380 g/mol. The van der Waals surface area contributed by atoms with Gasteiger partial charge in [-0.05, 0) is 65.0 Å². The van der Waals surface area contributed by atoms with Crippen LogP contribution in [0.15, 0.2) is 72.9 Å². The van der Waals surface area contributed by atoms with Crippen LogP contribution in [-0.4, -0.2) is 4.98 Å². The van der Waals surface area contributed by atoms with Crippen LogP contribution in [0.1, 0.15) is 37.5 Å². The van der Waals surface area contributed by atoms with Crippen molar-refractivity contribution in [3.63, 3.8) is 0 Å². The van der Waals surface area contributed by atoms with E-state index >= 15 is 0 Å². The molecule has 1 heteroatoms. The molecule has 0 atom stereocenters. The largest absolute Gasteiger partial charge is 0.256 e. The molecule has 3 aromatic carbocycles. The second kappa shape index (κ2) is 7.48. The number of nitrogens with zero attached hydrogens (tertiary/aromatic N) is 1. The van der Waals surface area contributed by atoms with Crippen molar-refractivity contribution >= 4 is 10.8 Å². The Bertz CT molecular complexity index is 1140. The minimum atomic E-state index is 0.285. The van der Waals surface area contributed by atoms with Gasteiger partial charge in [0, 0.05) is 17.1 Å². The minimum Gasteiger partial charge on any atom is -0.256 e. The maximum absolute atomic E-state index is 4.72. The summed E-state index contributed by atoms with van der Waals surface area (Å²) < 4.78 is 0. The van der Waals surface area contributed by atoms with Crippen LogP contribution in [0.3, 0.4) is 0 Å². The fourth-order valence-corrected chi connectivity index (χ4v) is 4.24. The Morgan fingerprint density at radius 3 is 2.07 bits per heavy atom. The fraction of sp³-hybridized carbons (Fsp3) is 0.250. The highest BCUT2D eigenvalue weighted by atomic mass is 14.7. The molecule has 1 nitrogen and oxygen atoms in total. The number of pyridine rings is 1. The standard InChI is InChI=1S/C28H29N/c1-19-7-6-8-20(2)26(19)22-10-12-23(13-11-22)27-25-14-9-21(18-28(3,4)5)17-24(25)15-16-29-27/h6-17H,18H2,1-5H3. The molecule has 0 N–H and O–H groups in total. The lowest BCUT2D eigenvalue weighted by atomic mass is 9.87. The van der Waals surface area contributed by atoms with Crippen molar-refractivity contribution in [3.05, 3.63) is 89.6 Å². The molecule has 4 aromatic rings. The molecule has 0 aliphatic carbocycles. The van der Waals surface area contributed by atoms with Crippen LogP contribution in [0.4, 0.5) is 0 Å². The van der Waals surface area contributed by atoms with Gasteiger partial charge < -0.3 is 0 Å². The van der Waals surface area contributed by atoms with E-state index in [1.807, 2.05) is 6.20 Å². The zero-order valence-corrected chi connectivity index (χ0v) is 18.1. The van der Waals surface area contributed by atoms with Crippen LogP contribution < -0.4 is 0 Å². The van der Waals surface area contributed by atoms with E-state index in [0.717, 1.165) is 17.7 Å².